The van der Waals surface area contributed by atoms with Crippen molar-refractivity contribution in [2.45, 2.75) is 12.3 Å². The van der Waals surface area contributed by atoms with E-state index in [1.54, 1.807) is 24.4 Å². The van der Waals surface area contributed by atoms with Gasteiger partial charge >= 0.3 is 5.97 Å². The van der Waals surface area contributed by atoms with E-state index in [-0.39, 0.29) is 6.42 Å². The van der Waals surface area contributed by atoms with Gasteiger partial charge in [-0.25, -0.2) is 0 Å². The number of carboxylic acids is 1. The second-order valence-electron chi connectivity index (χ2n) is 4.28. The Hall–Kier alpha value is -2.07. The number of aromatic nitrogens is 1. The van der Waals surface area contributed by atoms with Crippen molar-refractivity contribution in [1.29, 1.82) is 0 Å². The van der Waals surface area contributed by atoms with E-state index in [1.807, 2.05) is 18.2 Å². The van der Waals surface area contributed by atoms with Gasteiger partial charge < -0.3 is 9.84 Å². The molecule has 0 spiro atoms. The molecule has 2 aromatic rings. The van der Waals surface area contributed by atoms with Crippen LogP contribution in [0.4, 0.5) is 0 Å². The molecule has 2 rings (SSSR count). The smallest absolute Gasteiger partial charge is 0.313 e. The van der Waals surface area contributed by atoms with Gasteiger partial charge in [0.05, 0.1) is 12.8 Å². The largest absolute Gasteiger partial charge is 0.495 e. The van der Waals surface area contributed by atoms with Gasteiger partial charge in [0.1, 0.15) is 11.7 Å². The molecule has 1 heterocycles. The quantitative estimate of drug-likeness (QED) is 0.919. The van der Waals surface area contributed by atoms with Crippen LogP contribution < -0.4 is 4.74 Å². The average molecular weight is 292 g/mol. The molecule has 20 heavy (non-hydrogen) atoms. The Kier molecular flexibility index (Phi) is 4.58. The molecule has 0 bridgehead atoms. The SMILES string of the molecule is COc1cccnc1C(Cc1ccccc1Cl)C(=O)O. The number of hydrogen-bond acceptors (Lipinski definition) is 3. The average Bonchev–Trinajstić information content (AvgIpc) is 2.46. The number of aliphatic carboxylic acids is 1. The first-order chi connectivity index (χ1) is 9.63. The molecule has 0 aliphatic heterocycles. The topological polar surface area (TPSA) is 59.4 Å². The second-order valence-corrected chi connectivity index (χ2v) is 4.68. The van der Waals surface area contributed by atoms with Crippen LogP contribution in [0.25, 0.3) is 0 Å². The van der Waals surface area contributed by atoms with E-state index < -0.39 is 11.9 Å². The van der Waals surface area contributed by atoms with E-state index in [4.69, 9.17) is 16.3 Å². The number of rotatable bonds is 5. The Morgan fingerprint density at radius 3 is 2.75 bits per heavy atom. The third kappa shape index (κ3) is 3.08. The Labute approximate surface area is 122 Å². The van der Waals surface area contributed by atoms with Gasteiger partial charge in [-0.15, -0.1) is 0 Å². The van der Waals surface area contributed by atoms with Crippen molar-refractivity contribution in [1.82, 2.24) is 4.98 Å². The first-order valence-electron chi connectivity index (χ1n) is 6.08. The van der Waals surface area contributed by atoms with Gasteiger partial charge in [0.25, 0.3) is 0 Å². The highest BCUT2D eigenvalue weighted by molar-refractivity contribution is 6.31. The minimum absolute atomic E-state index is 0.266. The fraction of sp³-hybridized carbons (Fsp3) is 0.200. The number of nitrogens with zero attached hydrogens (tertiary/aromatic N) is 1. The van der Waals surface area contributed by atoms with E-state index in [0.717, 1.165) is 5.56 Å². The highest BCUT2D eigenvalue weighted by Gasteiger charge is 2.25. The molecule has 104 valence electrons. The van der Waals surface area contributed by atoms with Crippen LogP contribution in [0.1, 0.15) is 17.2 Å². The van der Waals surface area contributed by atoms with Gasteiger partial charge in [-0.3, -0.25) is 9.78 Å². The summed E-state index contributed by atoms with van der Waals surface area (Å²) in [6, 6.07) is 10.6. The third-order valence-corrected chi connectivity index (χ3v) is 3.40. The molecular formula is C15H14ClNO3. The molecule has 1 unspecified atom stereocenters. The summed E-state index contributed by atoms with van der Waals surface area (Å²) in [5.74, 6) is -1.29. The fourth-order valence-corrected chi connectivity index (χ4v) is 2.23. The molecular weight excluding hydrogens is 278 g/mol. The Morgan fingerprint density at radius 1 is 1.35 bits per heavy atom. The van der Waals surface area contributed by atoms with Crippen LogP contribution >= 0.6 is 11.6 Å². The van der Waals surface area contributed by atoms with Crippen LogP contribution in [0.5, 0.6) is 5.75 Å². The maximum atomic E-state index is 11.5. The van der Waals surface area contributed by atoms with Crippen molar-refractivity contribution < 1.29 is 14.6 Å². The third-order valence-electron chi connectivity index (χ3n) is 3.03. The summed E-state index contributed by atoms with van der Waals surface area (Å²) in [5.41, 5.74) is 1.18. The van der Waals surface area contributed by atoms with Gasteiger partial charge in [-0.1, -0.05) is 29.8 Å². The van der Waals surface area contributed by atoms with E-state index in [2.05, 4.69) is 4.98 Å². The second kappa shape index (κ2) is 6.39. The lowest BCUT2D eigenvalue weighted by Crippen LogP contribution is -2.17. The van der Waals surface area contributed by atoms with E-state index in [0.29, 0.717) is 16.5 Å². The lowest BCUT2D eigenvalue weighted by atomic mass is 9.95. The molecule has 1 aromatic carbocycles. The van der Waals surface area contributed by atoms with Crippen LogP contribution in [0, 0.1) is 0 Å². The summed E-state index contributed by atoms with van der Waals surface area (Å²) in [7, 11) is 1.49. The summed E-state index contributed by atoms with van der Waals surface area (Å²) in [4.78, 5) is 15.7. The normalized spacial score (nSPS) is 11.9. The summed E-state index contributed by atoms with van der Waals surface area (Å²) in [6.07, 6.45) is 1.82. The molecule has 0 saturated carbocycles. The molecule has 1 N–H and O–H groups in total. The van der Waals surface area contributed by atoms with Gasteiger partial charge in [-0.05, 0) is 30.2 Å². The van der Waals surface area contributed by atoms with Crippen LogP contribution in [-0.4, -0.2) is 23.2 Å². The highest BCUT2D eigenvalue weighted by Crippen LogP contribution is 2.29. The number of halogens is 1. The summed E-state index contributed by atoms with van der Waals surface area (Å²) in [5, 5.41) is 10.0. The summed E-state index contributed by atoms with van der Waals surface area (Å²) < 4.78 is 5.19. The molecule has 0 fully saturated rings. The number of carboxylic acid groups (broad SMARTS) is 1. The Morgan fingerprint density at radius 2 is 2.10 bits per heavy atom. The van der Waals surface area contributed by atoms with Crippen molar-refractivity contribution in [3.8, 4) is 5.75 Å². The van der Waals surface area contributed by atoms with Crippen LogP contribution in [0.15, 0.2) is 42.6 Å². The van der Waals surface area contributed by atoms with E-state index >= 15 is 0 Å². The number of benzene rings is 1. The van der Waals surface area contributed by atoms with Crippen LogP contribution in [0.2, 0.25) is 5.02 Å². The van der Waals surface area contributed by atoms with E-state index in [9.17, 15) is 9.90 Å². The highest BCUT2D eigenvalue weighted by atomic mass is 35.5. The summed E-state index contributed by atoms with van der Waals surface area (Å²) in [6.45, 7) is 0. The Bertz CT molecular complexity index is 616. The zero-order valence-electron chi connectivity index (χ0n) is 10.9. The van der Waals surface area contributed by atoms with Crippen molar-refractivity contribution in [2.75, 3.05) is 7.11 Å². The number of carbonyl (C=O) groups is 1. The monoisotopic (exact) mass is 291 g/mol. The lowest BCUT2D eigenvalue weighted by molar-refractivity contribution is -0.138. The molecule has 1 aromatic heterocycles. The number of hydrogen-bond donors (Lipinski definition) is 1. The van der Waals surface area contributed by atoms with Gasteiger partial charge in [-0.2, -0.15) is 0 Å². The zero-order chi connectivity index (χ0) is 14.5. The fourth-order valence-electron chi connectivity index (χ4n) is 2.02. The standard InChI is InChI=1S/C15H14ClNO3/c1-20-13-7-4-8-17-14(13)11(15(18)19)9-10-5-2-3-6-12(10)16/h2-8,11H,9H2,1H3,(H,18,19). The predicted molar refractivity (Wildman–Crippen MR) is 76.3 cm³/mol. The number of ether oxygens (including phenoxy) is 1. The minimum atomic E-state index is -0.957. The Balaban J connectivity index is 2.37. The molecule has 0 aliphatic carbocycles. The number of pyridine rings is 1. The zero-order valence-corrected chi connectivity index (χ0v) is 11.7. The predicted octanol–water partition coefficient (Wildman–Crippen LogP) is 3.15. The first-order valence-corrected chi connectivity index (χ1v) is 6.46. The molecule has 1 atom stereocenters. The summed E-state index contributed by atoms with van der Waals surface area (Å²) >= 11 is 6.09. The molecule has 5 heteroatoms. The van der Waals surface area contributed by atoms with E-state index in [1.165, 1.54) is 7.11 Å². The lowest BCUT2D eigenvalue weighted by Gasteiger charge is -2.15. The van der Waals surface area contributed by atoms with Crippen molar-refractivity contribution in [3.05, 3.63) is 58.9 Å². The molecule has 4 nitrogen and oxygen atoms in total. The van der Waals surface area contributed by atoms with Crippen LogP contribution in [0.3, 0.4) is 0 Å². The van der Waals surface area contributed by atoms with Gasteiger partial charge in [0.2, 0.25) is 0 Å². The number of methoxy groups -OCH3 is 1. The minimum Gasteiger partial charge on any atom is -0.495 e. The van der Waals surface area contributed by atoms with Crippen molar-refractivity contribution in [3.63, 3.8) is 0 Å². The maximum Gasteiger partial charge on any atom is 0.313 e. The molecule has 0 amide bonds. The molecule has 0 radical (unpaired) electrons. The van der Waals surface area contributed by atoms with Gasteiger partial charge in [0.15, 0.2) is 0 Å². The maximum absolute atomic E-state index is 11.5. The molecule has 0 aliphatic rings. The van der Waals surface area contributed by atoms with Crippen LogP contribution in [-0.2, 0) is 11.2 Å². The van der Waals surface area contributed by atoms with Crippen molar-refractivity contribution in [2.24, 2.45) is 0 Å². The van der Waals surface area contributed by atoms with Crippen molar-refractivity contribution >= 4 is 17.6 Å². The van der Waals surface area contributed by atoms with Gasteiger partial charge in [0, 0.05) is 11.2 Å². The first kappa shape index (κ1) is 14.3. The molecule has 0 saturated heterocycles.